The van der Waals surface area contributed by atoms with Crippen molar-refractivity contribution in [2.45, 2.75) is 33.3 Å². The first kappa shape index (κ1) is 26.6. The van der Waals surface area contributed by atoms with E-state index in [0.29, 0.717) is 0 Å². The lowest BCUT2D eigenvalue weighted by Crippen LogP contribution is -2.32. The van der Waals surface area contributed by atoms with Gasteiger partial charge in [0.15, 0.2) is 0 Å². The zero-order valence-corrected chi connectivity index (χ0v) is 21.8. The van der Waals surface area contributed by atoms with Crippen molar-refractivity contribution in [3.05, 3.63) is 89.5 Å². The van der Waals surface area contributed by atoms with E-state index < -0.39 is 5.60 Å². The molecule has 3 aromatic carbocycles. The summed E-state index contributed by atoms with van der Waals surface area (Å²) in [5.74, 6) is 0.724. The van der Waals surface area contributed by atoms with E-state index in [4.69, 9.17) is 14.6 Å². The highest BCUT2D eigenvalue weighted by atomic mass is 16.5. The second kappa shape index (κ2) is 12.6. The van der Waals surface area contributed by atoms with Crippen molar-refractivity contribution in [1.82, 2.24) is 0 Å². The lowest BCUT2D eigenvalue weighted by molar-refractivity contribution is 0.0584. The van der Waals surface area contributed by atoms with E-state index in [2.05, 4.69) is 86.0 Å². The second-order valence-corrected chi connectivity index (χ2v) is 8.42. The molecule has 0 atom stereocenters. The van der Waals surface area contributed by atoms with E-state index in [1.165, 1.54) is 11.4 Å². The Bertz CT molecular complexity index is 953. The molecule has 3 aromatic rings. The average Bonchev–Trinajstić information content (AvgIpc) is 2.92. The molecule has 3 rings (SSSR count). The Labute approximate surface area is 210 Å². The summed E-state index contributed by atoms with van der Waals surface area (Å²) in [6.07, 6.45) is 0. The minimum absolute atomic E-state index is 0.0124. The fourth-order valence-corrected chi connectivity index (χ4v) is 4.79. The molecule has 0 spiro atoms. The van der Waals surface area contributed by atoms with Gasteiger partial charge in [-0.3, -0.25) is 0 Å². The standard InChI is InChI=1S/C30H40N2O3/c1-6-31(7-2)27-16-10-24(11-17-27)30(34-5,26-14-20-29(21-15-26)35-23-22-33)25-12-18-28(19-13-25)32(8-3)9-4/h10-21,33H,6-9,22-23H2,1-5H3. The Morgan fingerprint density at radius 2 is 1.00 bits per heavy atom. The molecule has 5 heteroatoms. The number of aliphatic hydroxyl groups is 1. The average molecular weight is 477 g/mol. The van der Waals surface area contributed by atoms with Crippen molar-refractivity contribution in [1.29, 1.82) is 0 Å². The van der Waals surface area contributed by atoms with Crippen LogP contribution in [0.5, 0.6) is 5.75 Å². The molecule has 0 aliphatic carbocycles. The molecule has 0 aliphatic rings. The number of hydrogen-bond acceptors (Lipinski definition) is 5. The molecule has 0 aliphatic heterocycles. The van der Waals surface area contributed by atoms with Crippen molar-refractivity contribution in [3.8, 4) is 5.75 Å². The van der Waals surface area contributed by atoms with Crippen molar-refractivity contribution >= 4 is 11.4 Å². The minimum atomic E-state index is -0.779. The Kier molecular flexibility index (Phi) is 9.58. The van der Waals surface area contributed by atoms with E-state index in [1.807, 2.05) is 24.3 Å². The predicted molar refractivity (Wildman–Crippen MR) is 146 cm³/mol. The van der Waals surface area contributed by atoms with Gasteiger partial charge >= 0.3 is 0 Å². The van der Waals surface area contributed by atoms with Gasteiger partial charge in [-0.05, 0) is 80.8 Å². The molecule has 0 bridgehead atoms. The van der Waals surface area contributed by atoms with Crippen LogP contribution in [-0.2, 0) is 10.3 Å². The topological polar surface area (TPSA) is 45.2 Å². The fourth-order valence-electron chi connectivity index (χ4n) is 4.79. The van der Waals surface area contributed by atoms with Gasteiger partial charge in [0.05, 0.1) is 6.61 Å². The third kappa shape index (κ3) is 5.63. The summed E-state index contributed by atoms with van der Waals surface area (Å²) in [6.45, 7) is 12.8. The Morgan fingerprint density at radius 3 is 1.31 bits per heavy atom. The molecule has 35 heavy (non-hydrogen) atoms. The summed E-state index contributed by atoms with van der Waals surface area (Å²) in [4.78, 5) is 4.68. The van der Waals surface area contributed by atoms with Crippen molar-refractivity contribution in [2.24, 2.45) is 0 Å². The number of benzene rings is 3. The van der Waals surface area contributed by atoms with Crippen molar-refractivity contribution < 1.29 is 14.6 Å². The number of ether oxygens (including phenoxy) is 2. The number of nitrogens with zero attached hydrogens (tertiary/aromatic N) is 2. The summed E-state index contributed by atoms with van der Waals surface area (Å²) in [5, 5.41) is 9.09. The van der Waals surface area contributed by atoms with Gasteiger partial charge in [0, 0.05) is 44.7 Å². The maximum atomic E-state index is 9.09. The van der Waals surface area contributed by atoms with Crippen LogP contribution < -0.4 is 14.5 Å². The van der Waals surface area contributed by atoms with Crippen LogP contribution in [0.25, 0.3) is 0 Å². The minimum Gasteiger partial charge on any atom is -0.491 e. The van der Waals surface area contributed by atoms with E-state index in [9.17, 15) is 0 Å². The van der Waals surface area contributed by atoms with Gasteiger partial charge in [0.1, 0.15) is 18.0 Å². The van der Waals surface area contributed by atoms with E-state index in [-0.39, 0.29) is 13.2 Å². The van der Waals surface area contributed by atoms with Crippen molar-refractivity contribution in [3.63, 3.8) is 0 Å². The van der Waals surface area contributed by atoms with Gasteiger partial charge in [0.2, 0.25) is 0 Å². The quantitative estimate of drug-likeness (QED) is 0.321. The van der Waals surface area contributed by atoms with Crippen LogP contribution >= 0.6 is 0 Å². The molecule has 0 amide bonds. The molecule has 0 saturated heterocycles. The Hall–Kier alpha value is -3.02. The summed E-state index contributed by atoms with van der Waals surface area (Å²) in [6, 6.07) is 25.4. The summed E-state index contributed by atoms with van der Waals surface area (Å²) in [7, 11) is 1.77. The molecule has 0 saturated carbocycles. The molecule has 188 valence electrons. The number of aliphatic hydroxyl groups excluding tert-OH is 1. The predicted octanol–water partition coefficient (Wildman–Crippen LogP) is 5.69. The van der Waals surface area contributed by atoms with Crippen LogP contribution in [-0.4, -0.2) is 51.6 Å². The third-order valence-electron chi connectivity index (χ3n) is 6.73. The molecule has 0 aromatic heterocycles. The Balaban J connectivity index is 2.12. The van der Waals surface area contributed by atoms with Crippen molar-refractivity contribution in [2.75, 3.05) is 56.3 Å². The molecule has 0 fully saturated rings. The molecule has 1 N–H and O–H groups in total. The fraction of sp³-hybridized carbons (Fsp3) is 0.400. The van der Waals surface area contributed by atoms with Crippen LogP contribution in [0.3, 0.4) is 0 Å². The molecular weight excluding hydrogens is 436 g/mol. The lowest BCUT2D eigenvalue weighted by atomic mass is 9.80. The maximum absolute atomic E-state index is 9.09. The smallest absolute Gasteiger partial charge is 0.143 e. The normalized spacial score (nSPS) is 11.4. The van der Waals surface area contributed by atoms with E-state index in [0.717, 1.165) is 48.6 Å². The van der Waals surface area contributed by atoms with Crippen LogP contribution in [0, 0.1) is 0 Å². The van der Waals surface area contributed by atoms with Crippen LogP contribution in [0.1, 0.15) is 44.4 Å². The Morgan fingerprint density at radius 1 is 0.629 bits per heavy atom. The number of rotatable bonds is 13. The highest BCUT2D eigenvalue weighted by molar-refractivity contribution is 5.56. The lowest BCUT2D eigenvalue weighted by Gasteiger charge is -2.35. The van der Waals surface area contributed by atoms with Gasteiger partial charge in [-0.15, -0.1) is 0 Å². The number of hydrogen-bond donors (Lipinski definition) is 1. The first-order chi connectivity index (χ1) is 17.1. The largest absolute Gasteiger partial charge is 0.491 e. The summed E-state index contributed by atoms with van der Waals surface area (Å²) >= 11 is 0. The van der Waals surface area contributed by atoms with Gasteiger partial charge in [-0.25, -0.2) is 0 Å². The monoisotopic (exact) mass is 476 g/mol. The molecule has 0 heterocycles. The third-order valence-corrected chi connectivity index (χ3v) is 6.73. The maximum Gasteiger partial charge on any atom is 0.143 e. The van der Waals surface area contributed by atoms with Crippen LogP contribution in [0.2, 0.25) is 0 Å². The van der Waals surface area contributed by atoms with E-state index >= 15 is 0 Å². The van der Waals surface area contributed by atoms with Gasteiger partial charge in [-0.1, -0.05) is 36.4 Å². The van der Waals surface area contributed by atoms with Crippen LogP contribution in [0.15, 0.2) is 72.8 Å². The van der Waals surface area contributed by atoms with Gasteiger partial charge in [0.25, 0.3) is 0 Å². The van der Waals surface area contributed by atoms with Gasteiger partial charge in [-0.2, -0.15) is 0 Å². The first-order valence-electron chi connectivity index (χ1n) is 12.7. The number of anilines is 2. The molecular formula is C30H40N2O3. The zero-order chi connectivity index (χ0) is 25.3. The zero-order valence-electron chi connectivity index (χ0n) is 21.8. The van der Waals surface area contributed by atoms with Gasteiger partial charge < -0.3 is 24.4 Å². The summed E-state index contributed by atoms with van der Waals surface area (Å²) < 4.78 is 12.0. The highest BCUT2D eigenvalue weighted by Crippen LogP contribution is 2.41. The first-order valence-corrected chi connectivity index (χ1v) is 12.7. The highest BCUT2D eigenvalue weighted by Gasteiger charge is 2.36. The SMILES string of the molecule is CCN(CC)c1ccc(C(OC)(c2ccc(OCCO)cc2)c2ccc(N(CC)CC)cc2)cc1. The molecule has 5 nitrogen and oxygen atoms in total. The van der Waals surface area contributed by atoms with E-state index in [1.54, 1.807) is 7.11 Å². The second-order valence-electron chi connectivity index (χ2n) is 8.42. The number of methoxy groups -OCH3 is 1. The van der Waals surface area contributed by atoms with Crippen LogP contribution in [0.4, 0.5) is 11.4 Å². The summed E-state index contributed by atoms with van der Waals surface area (Å²) in [5.41, 5.74) is 4.77. The molecule has 0 radical (unpaired) electrons. The molecule has 0 unspecified atom stereocenters.